The smallest absolute Gasteiger partial charge is 0.357 e. The van der Waals surface area contributed by atoms with Crippen LogP contribution in [0, 0.1) is 10.1 Å². The minimum Gasteiger partial charge on any atom is -0.493 e. The van der Waals surface area contributed by atoms with Gasteiger partial charge >= 0.3 is 22.9 Å². The molecule has 0 aliphatic rings. The minimum atomic E-state index is -1.12. The molecule has 11 nitrogen and oxygen atoms in total. The third-order valence-electron chi connectivity index (χ3n) is 3.30. The Morgan fingerprint density at radius 3 is 2.19 bits per heavy atom. The number of rotatable bonds is 6. The molecule has 142 valence electrons. The van der Waals surface area contributed by atoms with E-state index in [2.05, 4.69) is 4.98 Å². The van der Waals surface area contributed by atoms with E-state index in [1.165, 1.54) is 45.4 Å². The van der Waals surface area contributed by atoms with Gasteiger partial charge in [0.05, 0.1) is 19.1 Å². The van der Waals surface area contributed by atoms with E-state index in [0.29, 0.717) is 5.56 Å². The normalized spacial score (nSPS) is 10.6. The molecule has 11 heteroatoms. The van der Waals surface area contributed by atoms with Crippen LogP contribution in [-0.4, -0.2) is 35.1 Å². The van der Waals surface area contributed by atoms with Gasteiger partial charge in [-0.05, 0) is 23.8 Å². The quantitative estimate of drug-likeness (QED) is 0.328. The van der Waals surface area contributed by atoms with Crippen molar-refractivity contribution in [1.82, 2.24) is 9.97 Å². The number of nitrogens with zero attached hydrogens (tertiary/aromatic N) is 1. The van der Waals surface area contributed by atoms with Crippen molar-refractivity contribution < 1.29 is 23.9 Å². The second-order valence-electron chi connectivity index (χ2n) is 5.11. The van der Waals surface area contributed by atoms with E-state index in [4.69, 9.17) is 14.2 Å². The number of nitrogens with one attached hydrogen (secondary N) is 2. The molecule has 1 aromatic heterocycles. The Balaban J connectivity index is 2.55. The molecule has 0 bridgehead atoms. The van der Waals surface area contributed by atoms with Gasteiger partial charge in [-0.1, -0.05) is 6.08 Å². The van der Waals surface area contributed by atoms with Crippen molar-refractivity contribution in [2.24, 2.45) is 0 Å². The molecule has 2 N–H and O–H groups in total. The van der Waals surface area contributed by atoms with Gasteiger partial charge in [-0.25, -0.2) is 4.79 Å². The van der Waals surface area contributed by atoms with Gasteiger partial charge in [0.2, 0.25) is 5.75 Å². The third kappa shape index (κ3) is 4.39. The second kappa shape index (κ2) is 7.99. The summed E-state index contributed by atoms with van der Waals surface area (Å²) in [6.45, 7) is 1.22. The van der Waals surface area contributed by atoms with Crippen LogP contribution in [0.5, 0.6) is 17.2 Å². The Labute approximate surface area is 151 Å². The standard InChI is InChI=1S/C16H15N3O8/c1-8(20)27-14-11(25-2)6-9(7-12(14)26-3)4-5-10-13(19(23)24)15(21)18-16(22)17-10/h4-7H,1-3H3,(H2,17,18,21,22). The molecule has 0 saturated heterocycles. The lowest BCUT2D eigenvalue weighted by Crippen LogP contribution is -2.25. The topological polar surface area (TPSA) is 154 Å². The number of carbonyl (C=O) groups excluding carboxylic acids is 1. The van der Waals surface area contributed by atoms with Gasteiger partial charge in [-0.2, -0.15) is 0 Å². The Bertz CT molecular complexity index is 1010. The van der Waals surface area contributed by atoms with E-state index in [1.54, 1.807) is 4.98 Å². The number of ether oxygens (including phenoxy) is 3. The number of carbonyl (C=O) groups is 1. The number of methoxy groups -OCH3 is 2. The Hall–Kier alpha value is -3.89. The summed E-state index contributed by atoms with van der Waals surface area (Å²) in [5, 5.41) is 11.1. The van der Waals surface area contributed by atoms with E-state index in [-0.39, 0.29) is 22.9 Å². The number of benzene rings is 1. The van der Waals surface area contributed by atoms with E-state index >= 15 is 0 Å². The van der Waals surface area contributed by atoms with Crippen molar-refractivity contribution in [3.05, 3.63) is 54.3 Å². The SMILES string of the molecule is COc1cc(C=Cc2[nH]c(=O)[nH]c(=O)c2[N+](=O)[O-])cc(OC)c1OC(C)=O. The Morgan fingerprint density at radius 1 is 1.11 bits per heavy atom. The first-order chi connectivity index (χ1) is 12.8. The predicted molar refractivity (Wildman–Crippen MR) is 94.1 cm³/mol. The fourth-order valence-electron chi connectivity index (χ4n) is 2.22. The Morgan fingerprint density at radius 2 is 1.70 bits per heavy atom. The van der Waals surface area contributed by atoms with Crippen molar-refractivity contribution in [3.8, 4) is 17.2 Å². The number of esters is 1. The van der Waals surface area contributed by atoms with Gasteiger partial charge in [0, 0.05) is 6.92 Å². The zero-order valence-corrected chi connectivity index (χ0v) is 14.5. The summed E-state index contributed by atoms with van der Waals surface area (Å²) < 4.78 is 15.4. The largest absolute Gasteiger partial charge is 0.493 e. The summed E-state index contributed by atoms with van der Waals surface area (Å²) in [6, 6.07) is 2.96. The number of hydrogen-bond acceptors (Lipinski definition) is 8. The number of H-pyrrole nitrogens is 2. The van der Waals surface area contributed by atoms with E-state index in [0.717, 1.165) is 0 Å². The number of aromatic amines is 2. The van der Waals surface area contributed by atoms with Crippen LogP contribution in [0.3, 0.4) is 0 Å². The number of hydrogen-bond donors (Lipinski definition) is 2. The number of aromatic nitrogens is 2. The van der Waals surface area contributed by atoms with Crippen LogP contribution in [0.15, 0.2) is 21.7 Å². The molecule has 1 heterocycles. The summed E-state index contributed by atoms with van der Waals surface area (Å²) in [5.41, 5.74) is -2.65. The predicted octanol–water partition coefficient (Wildman–Crippen LogP) is 1.08. The molecule has 0 fully saturated rings. The van der Waals surface area contributed by atoms with Crippen LogP contribution in [0.4, 0.5) is 5.69 Å². The average Bonchev–Trinajstić information content (AvgIpc) is 2.58. The maximum Gasteiger partial charge on any atom is 0.357 e. The van der Waals surface area contributed by atoms with Crippen molar-refractivity contribution in [2.45, 2.75) is 6.92 Å². The highest BCUT2D eigenvalue weighted by atomic mass is 16.6. The van der Waals surface area contributed by atoms with E-state index in [1.807, 2.05) is 0 Å². The van der Waals surface area contributed by atoms with Gasteiger partial charge < -0.3 is 19.2 Å². The monoisotopic (exact) mass is 377 g/mol. The first-order valence-corrected chi connectivity index (χ1v) is 7.40. The summed E-state index contributed by atoms with van der Waals surface area (Å²) in [4.78, 5) is 48.4. The highest BCUT2D eigenvalue weighted by Gasteiger charge is 2.19. The highest BCUT2D eigenvalue weighted by molar-refractivity contribution is 5.76. The number of nitro groups is 1. The molecular weight excluding hydrogens is 362 g/mol. The van der Waals surface area contributed by atoms with Crippen LogP contribution in [0.25, 0.3) is 12.2 Å². The van der Waals surface area contributed by atoms with Gasteiger partial charge in [-0.15, -0.1) is 0 Å². The lowest BCUT2D eigenvalue weighted by Gasteiger charge is -2.13. The lowest BCUT2D eigenvalue weighted by molar-refractivity contribution is -0.386. The summed E-state index contributed by atoms with van der Waals surface area (Å²) in [7, 11) is 2.71. The van der Waals surface area contributed by atoms with Crippen LogP contribution < -0.4 is 25.5 Å². The van der Waals surface area contributed by atoms with Crippen LogP contribution in [-0.2, 0) is 4.79 Å². The first kappa shape index (κ1) is 19.4. The first-order valence-electron chi connectivity index (χ1n) is 7.40. The average molecular weight is 377 g/mol. The maximum absolute atomic E-state index is 11.6. The highest BCUT2D eigenvalue weighted by Crippen LogP contribution is 2.39. The van der Waals surface area contributed by atoms with Gasteiger partial charge in [0.1, 0.15) is 5.69 Å². The second-order valence-corrected chi connectivity index (χ2v) is 5.11. The van der Waals surface area contributed by atoms with Gasteiger partial charge in [0.15, 0.2) is 11.5 Å². The van der Waals surface area contributed by atoms with Crippen molar-refractivity contribution in [3.63, 3.8) is 0 Å². The van der Waals surface area contributed by atoms with E-state index in [9.17, 15) is 24.5 Å². The van der Waals surface area contributed by atoms with Crippen LogP contribution >= 0.6 is 0 Å². The lowest BCUT2D eigenvalue weighted by atomic mass is 10.1. The molecule has 0 atom stereocenters. The zero-order chi connectivity index (χ0) is 20.1. The molecule has 27 heavy (non-hydrogen) atoms. The molecule has 0 spiro atoms. The molecule has 2 rings (SSSR count). The summed E-state index contributed by atoms with van der Waals surface area (Å²) >= 11 is 0. The Kier molecular flexibility index (Phi) is 5.75. The molecule has 0 saturated carbocycles. The molecule has 0 unspecified atom stereocenters. The molecule has 2 aromatic rings. The molecule has 0 radical (unpaired) electrons. The third-order valence-corrected chi connectivity index (χ3v) is 3.30. The minimum absolute atomic E-state index is 0.0696. The van der Waals surface area contributed by atoms with Crippen molar-refractivity contribution in [1.29, 1.82) is 0 Å². The maximum atomic E-state index is 11.6. The molecule has 1 aromatic carbocycles. The summed E-state index contributed by atoms with van der Waals surface area (Å²) in [5.74, 6) is -0.150. The van der Waals surface area contributed by atoms with Crippen LogP contribution in [0.1, 0.15) is 18.2 Å². The van der Waals surface area contributed by atoms with Crippen LogP contribution in [0.2, 0.25) is 0 Å². The fourth-order valence-corrected chi connectivity index (χ4v) is 2.22. The van der Waals surface area contributed by atoms with Gasteiger partial charge in [0.25, 0.3) is 0 Å². The molecule has 0 aliphatic heterocycles. The summed E-state index contributed by atoms with van der Waals surface area (Å²) in [6.07, 6.45) is 2.58. The molecule has 0 aliphatic carbocycles. The fraction of sp³-hybridized carbons (Fsp3) is 0.188. The molecule has 0 amide bonds. The zero-order valence-electron chi connectivity index (χ0n) is 14.5. The van der Waals surface area contributed by atoms with Crippen molar-refractivity contribution in [2.75, 3.05) is 14.2 Å². The van der Waals surface area contributed by atoms with Crippen molar-refractivity contribution >= 4 is 23.8 Å². The van der Waals surface area contributed by atoms with E-state index < -0.39 is 27.8 Å². The molecular formula is C16H15N3O8. The van der Waals surface area contributed by atoms with Gasteiger partial charge in [-0.3, -0.25) is 24.7 Å².